The molecule has 1 heterocycles. The van der Waals surface area contributed by atoms with Crippen LogP contribution in [0.2, 0.25) is 0 Å². The highest BCUT2D eigenvalue weighted by Gasteiger charge is 2.17. The molecule has 0 unspecified atom stereocenters. The third-order valence-corrected chi connectivity index (χ3v) is 2.28. The Morgan fingerprint density at radius 2 is 2.32 bits per heavy atom. The molecule has 106 valence electrons. The van der Waals surface area contributed by atoms with Gasteiger partial charge in [0, 0.05) is 33.7 Å². The van der Waals surface area contributed by atoms with E-state index in [2.05, 4.69) is 15.7 Å². The van der Waals surface area contributed by atoms with Gasteiger partial charge in [-0.15, -0.1) is 5.10 Å². The van der Waals surface area contributed by atoms with Gasteiger partial charge >= 0.3 is 5.69 Å². The molecule has 0 saturated heterocycles. The quantitative estimate of drug-likeness (QED) is 0.388. The summed E-state index contributed by atoms with van der Waals surface area (Å²) in [7, 11) is 3.14. The van der Waals surface area contributed by atoms with E-state index in [4.69, 9.17) is 4.74 Å². The van der Waals surface area contributed by atoms with Crippen LogP contribution >= 0.6 is 0 Å². The predicted molar refractivity (Wildman–Crippen MR) is 67.9 cm³/mol. The predicted octanol–water partition coefficient (Wildman–Crippen LogP) is -0.107. The Morgan fingerprint density at radius 3 is 2.95 bits per heavy atom. The maximum Gasteiger partial charge on any atom is 0.330 e. The number of carbonyl (C=O) groups excluding carboxylic acids is 1. The molecule has 1 rings (SSSR count). The number of amides is 1. The van der Waals surface area contributed by atoms with Crippen molar-refractivity contribution in [2.24, 2.45) is 7.05 Å². The van der Waals surface area contributed by atoms with Crippen LogP contribution in [0.1, 0.15) is 6.42 Å². The van der Waals surface area contributed by atoms with Gasteiger partial charge in [0.05, 0.1) is 11.5 Å². The van der Waals surface area contributed by atoms with Crippen LogP contribution in [0.15, 0.2) is 6.20 Å². The molecule has 0 aliphatic heterocycles. The van der Waals surface area contributed by atoms with E-state index in [0.29, 0.717) is 13.2 Å². The Balaban J connectivity index is 2.37. The molecule has 1 amide bonds. The van der Waals surface area contributed by atoms with E-state index in [-0.39, 0.29) is 30.4 Å². The second-order valence-corrected chi connectivity index (χ2v) is 3.81. The Morgan fingerprint density at radius 1 is 1.58 bits per heavy atom. The van der Waals surface area contributed by atoms with Crippen molar-refractivity contribution in [3.05, 3.63) is 16.3 Å². The minimum Gasteiger partial charge on any atom is -0.383 e. The van der Waals surface area contributed by atoms with Crippen LogP contribution in [0.3, 0.4) is 0 Å². The number of hydrogen-bond donors (Lipinski definition) is 2. The minimum atomic E-state index is -0.520. The van der Waals surface area contributed by atoms with Crippen LogP contribution < -0.4 is 10.6 Å². The van der Waals surface area contributed by atoms with Crippen molar-refractivity contribution in [1.82, 2.24) is 15.1 Å². The molecule has 0 aliphatic carbocycles. The van der Waals surface area contributed by atoms with Crippen LogP contribution in [0.25, 0.3) is 0 Å². The number of carbonyl (C=O) groups is 1. The van der Waals surface area contributed by atoms with E-state index < -0.39 is 4.92 Å². The highest BCUT2D eigenvalue weighted by atomic mass is 16.6. The van der Waals surface area contributed by atoms with Crippen molar-refractivity contribution in [3.63, 3.8) is 0 Å². The van der Waals surface area contributed by atoms with Crippen LogP contribution in [-0.2, 0) is 16.6 Å². The molecule has 1 aromatic heterocycles. The molecule has 1 aromatic rings. The van der Waals surface area contributed by atoms with Gasteiger partial charge in [-0.3, -0.25) is 19.6 Å². The lowest BCUT2D eigenvalue weighted by Crippen LogP contribution is -2.28. The Hall–Kier alpha value is -2.16. The molecule has 0 bridgehead atoms. The first kappa shape index (κ1) is 14.9. The van der Waals surface area contributed by atoms with Crippen LogP contribution in [0, 0.1) is 10.1 Å². The maximum atomic E-state index is 11.4. The van der Waals surface area contributed by atoms with Gasteiger partial charge in [0.25, 0.3) is 0 Å². The highest BCUT2D eigenvalue weighted by molar-refractivity contribution is 5.76. The standard InChI is InChI=1S/C10H17N5O4/c1-14-7-8(15(17)18)10(13-14)12-4-3-9(16)11-5-6-19-2/h7H,3-6H2,1-2H3,(H,11,16)(H,12,13). The second-order valence-electron chi connectivity index (χ2n) is 3.81. The van der Waals surface area contributed by atoms with Gasteiger partial charge in [-0.05, 0) is 0 Å². The summed E-state index contributed by atoms with van der Waals surface area (Å²) in [5, 5.41) is 20.1. The third kappa shape index (κ3) is 4.92. The van der Waals surface area contributed by atoms with Gasteiger partial charge in [-0.25, -0.2) is 0 Å². The number of nitrogens with one attached hydrogen (secondary N) is 2. The largest absolute Gasteiger partial charge is 0.383 e. The average molecular weight is 271 g/mol. The van der Waals surface area contributed by atoms with E-state index in [1.54, 1.807) is 14.2 Å². The summed E-state index contributed by atoms with van der Waals surface area (Å²) >= 11 is 0. The van der Waals surface area contributed by atoms with Gasteiger partial charge in [-0.2, -0.15) is 0 Å². The van der Waals surface area contributed by atoms with Crippen molar-refractivity contribution < 1.29 is 14.5 Å². The zero-order chi connectivity index (χ0) is 14.3. The molecule has 0 spiro atoms. The lowest BCUT2D eigenvalue weighted by atomic mass is 10.4. The maximum absolute atomic E-state index is 11.4. The number of aromatic nitrogens is 2. The minimum absolute atomic E-state index is 0.109. The van der Waals surface area contributed by atoms with Gasteiger partial charge in [0.15, 0.2) is 0 Å². The molecule has 0 fully saturated rings. The van der Waals surface area contributed by atoms with Crippen molar-refractivity contribution in [1.29, 1.82) is 0 Å². The lowest BCUT2D eigenvalue weighted by Gasteiger charge is -2.05. The highest BCUT2D eigenvalue weighted by Crippen LogP contribution is 2.20. The normalized spacial score (nSPS) is 10.2. The number of hydrogen-bond acceptors (Lipinski definition) is 6. The second kappa shape index (κ2) is 7.31. The SMILES string of the molecule is COCCNC(=O)CCNc1nn(C)cc1[N+](=O)[O-]. The number of rotatable bonds is 8. The molecule has 0 radical (unpaired) electrons. The fourth-order valence-electron chi connectivity index (χ4n) is 1.41. The first-order chi connectivity index (χ1) is 9.04. The fourth-order valence-corrected chi connectivity index (χ4v) is 1.41. The number of nitrogens with zero attached hydrogens (tertiary/aromatic N) is 3. The molecule has 0 aromatic carbocycles. The lowest BCUT2D eigenvalue weighted by molar-refractivity contribution is -0.384. The number of methoxy groups -OCH3 is 1. The topological polar surface area (TPSA) is 111 Å². The number of ether oxygens (including phenoxy) is 1. The van der Waals surface area contributed by atoms with Gasteiger partial charge in [0.2, 0.25) is 11.7 Å². The van der Waals surface area contributed by atoms with E-state index in [1.165, 1.54) is 10.9 Å². The summed E-state index contributed by atoms with van der Waals surface area (Å²) in [5.74, 6) is 0.0142. The van der Waals surface area contributed by atoms with Crippen molar-refractivity contribution >= 4 is 17.4 Å². The molecule has 0 saturated carbocycles. The molecule has 2 N–H and O–H groups in total. The van der Waals surface area contributed by atoms with E-state index in [1.807, 2.05) is 0 Å². The molecule has 0 atom stereocenters. The monoisotopic (exact) mass is 271 g/mol. The van der Waals surface area contributed by atoms with Crippen LogP contribution in [-0.4, -0.2) is 47.4 Å². The smallest absolute Gasteiger partial charge is 0.330 e. The Labute approximate surface area is 110 Å². The average Bonchev–Trinajstić information content (AvgIpc) is 2.71. The summed E-state index contributed by atoms with van der Waals surface area (Å²) in [6.45, 7) is 1.17. The molecule has 9 heteroatoms. The van der Waals surface area contributed by atoms with E-state index in [0.717, 1.165) is 0 Å². The zero-order valence-electron chi connectivity index (χ0n) is 10.9. The van der Waals surface area contributed by atoms with Gasteiger partial charge in [-0.1, -0.05) is 0 Å². The zero-order valence-corrected chi connectivity index (χ0v) is 10.9. The number of nitro groups is 1. The molecule has 19 heavy (non-hydrogen) atoms. The van der Waals surface area contributed by atoms with Crippen LogP contribution in [0.5, 0.6) is 0 Å². The molecule has 9 nitrogen and oxygen atoms in total. The Bertz CT molecular complexity index is 445. The first-order valence-electron chi connectivity index (χ1n) is 5.72. The molecular weight excluding hydrogens is 254 g/mol. The molecule has 0 aliphatic rings. The van der Waals surface area contributed by atoms with Crippen molar-refractivity contribution in [2.75, 3.05) is 32.1 Å². The summed E-state index contributed by atoms with van der Waals surface area (Å²) < 4.78 is 6.14. The van der Waals surface area contributed by atoms with Crippen molar-refractivity contribution in [2.45, 2.75) is 6.42 Å². The first-order valence-corrected chi connectivity index (χ1v) is 5.72. The number of anilines is 1. The van der Waals surface area contributed by atoms with Gasteiger partial charge < -0.3 is 15.4 Å². The van der Waals surface area contributed by atoms with Gasteiger partial charge in [0.1, 0.15) is 6.20 Å². The van der Waals surface area contributed by atoms with Crippen molar-refractivity contribution in [3.8, 4) is 0 Å². The third-order valence-electron chi connectivity index (χ3n) is 2.28. The Kier molecular flexibility index (Phi) is 5.73. The summed E-state index contributed by atoms with van der Waals surface area (Å²) in [4.78, 5) is 21.6. The van der Waals surface area contributed by atoms with Crippen LogP contribution in [0.4, 0.5) is 11.5 Å². The summed E-state index contributed by atoms with van der Waals surface area (Å²) in [5.41, 5.74) is -0.109. The summed E-state index contributed by atoms with van der Waals surface area (Å²) in [6.07, 6.45) is 1.51. The molecular formula is C10H17N5O4. The summed E-state index contributed by atoms with van der Waals surface area (Å²) in [6, 6.07) is 0. The number of aryl methyl sites for hydroxylation is 1. The fraction of sp³-hybridized carbons (Fsp3) is 0.600. The van der Waals surface area contributed by atoms with E-state index >= 15 is 0 Å². The van der Waals surface area contributed by atoms with E-state index in [9.17, 15) is 14.9 Å².